The molecule has 1 aromatic rings. The Bertz CT molecular complexity index is 577. The Morgan fingerprint density at radius 3 is 2.62 bits per heavy atom. The number of sulfone groups is 1. The zero-order valence-electron chi connectivity index (χ0n) is 12.3. The second-order valence-electron chi connectivity index (χ2n) is 5.93. The quantitative estimate of drug-likeness (QED) is 0.895. The van der Waals surface area contributed by atoms with Crippen LogP contribution in [0, 0.1) is 5.21 Å². The van der Waals surface area contributed by atoms with Gasteiger partial charge in [0.05, 0.1) is 10.5 Å². The molecule has 1 heterocycles. The number of aliphatic hydroxyl groups is 1. The average Bonchev–Trinajstić information content (AvgIpc) is 2.42. The van der Waals surface area contributed by atoms with E-state index in [1.807, 2.05) is 6.07 Å². The lowest BCUT2D eigenvalue weighted by atomic mass is 9.86. The second kappa shape index (κ2) is 6.44. The predicted molar refractivity (Wildman–Crippen MR) is 81.6 cm³/mol. The third-order valence-electron chi connectivity index (χ3n) is 4.09. The summed E-state index contributed by atoms with van der Waals surface area (Å²) in [6.45, 7) is 0.778. The molecule has 0 saturated carbocycles. The van der Waals surface area contributed by atoms with Crippen molar-refractivity contribution in [2.45, 2.75) is 42.6 Å². The molecule has 21 heavy (non-hydrogen) atoms. The molecule has 0 atom stereocenters. The van der Waals surface area contributed by atoms with Crippen LogP contribution in [-0.2, 0) is 16.3 Å². The fourth-order valence-electron chi connectivity index (χ4n) is 2.71. The summed E-state index contributed by atoms with van der Waals surface area (Å²) in [5.41, 5.74) is 0.220. The zero-order chi connectivity index (χ0) is 15.5. The van der Waals surface area contributed by atoms with Crippen molar-refractivity contribution < 1.29 is 13.5 Å². The van der Waals surface area contributed by atoms with E-state index in [1.165, 1.54) is 6.26 Å². The van der Waals surface area contributed by atoms with Gasteiger partial charge in [-0.25, -0.2) is 8.42 Å². The summed E-state index contributed by atoms with van der Waals surface area (Å²) in [5.74, 6) is 0. The Morgan fingerprint density at radius 2 is 2.00 bits per heavy atom. The van der Waals surface area contributed by atoms with Crippen molar-refractivity contribution in [3.8, 4) is 0 Å². The van der Waals surface area contributed by atoms with Gasteiger partial charge in [-0.15, -0.1) is 0 Å². The highest BCUT2D eigenvalue weighted by Gasteiger charge is 2.29. The normalized spacial score (nSPS) is 19.6. The molecule has 0 aromatic heterocycles. The van der Waals surface area contributed by atoms with Crippen molar-refractivity contribution in [1.82, 2.24) is 5.06 Å². The summed E-state index contributed by atoms with van der Waals surface area (Å²) in [5, 5.41) is 22.5. The smallest absolute Gasteiger partial charge is 0.175 e. The van der Waals surface area contributed by atoms with Gasteiger partial charge in [0.1, 0.15) is 0 Å². The molecular weight excluding hydrogens is 290 g/mol. The first kappa shape index (κ1) is 16.4. The number of rotatable bonds is 5. The van der Waals surface area contributed by atoms with Crippen molar-refractivity contribution in [3.05, 3.63) is 35.0 Å². The van der Waals surface area contributed by atoms with Gasteiger partial charge >= 0.3 is 0 Å². The minimum absolute atomic E-state index is 0.332. The van der Waals surface area contributed by atoms with Crippen molar-refractivity contribution in [3.63, 3.8) is 0 Å². The average molecular weight is 312 g/mol. The van der Waals surface area contributed by atoms with Crippen molar-refractivity contribution in [2.75, 3.05) is 19.3 Å². The number of nitrogens with zero attached hydrogens (tertiary/aromatic N) is 1. The van der Waals surface area contributed by atoms with E-state index in [0.29, 0.717) is 37.2 Å². The number of hydrogen-bond acceptors (Lipinski definition) is 5. The maximum Gasteiger partial charge on any atom is 0.175 e. The van der Waals surface area contributed by atoms with E-state index >= 15 is 0 Å². The van der Waals surface area contributed by atoms with Gasteiger partial charge in [0.15, 0.2) is 9.84 Å². The van der Waals surface area contributed by atoms with E-state index in [2.05, 4.69) is 0 Å². The Balaban J connectivity index is 1.89. The summed E-state index contributed by atoms with van der Waals surface area (Å²) in [6.07, 6.45) is 4.38. The fourth-order valence-corrected chi connectivity index (χ4v) is 3.40. The molecule has 1 fully saturated rings. The van der Waals surface area contributed by atoms with Crippen LogP contribution in [0.25, 0.3) is 0 Å². The molecule has 1 aliphatic rings. The molecule has 1 aromatic carbocycles. The highest BCUT2D eigenvalue weighted by Crippen LogP contribution is 2.27. The molecule has 2 rings (SSSR count). The number of piperidine rings is 1. The molecular formula is C15H22NO4S-. The SMILES string of the molecule is CS(=O)(=O)c1cccc(CCCC2(O)CCN([O-])CC2)c1. The molecule has 1 N–H and O–H groups in total. The van der Waals surface area contributed by atoms with E-state index in [1.54, 1.807) is 18.2 Å². The molecule has 0 unspecified atom stereocenters. The van der Waals surface area contributed by atoms with Gasteiger partial charge in [-0.3, -0.25) is 0 Å². The lowest BCUT2D eigenvalue weighted by Gasteiger charge is -2.41. The van der Waals surface area contributed by atoms with Crippen LogP contribution in [0.4, 0.5) is 0 Å². The fraction of sp³-hybridized carbons (Fsp3) is 0.600. The third-order valence-corrected chi connectivity index (χ3v) is 5.20. The van der Waals surface area contributed by atoms with Crippen LogP contribution in [0.5, 0.6) is 0 Å². The minimum atomic E-state index is -3.18. The molecule has 1 saturated heterocycles. The summed E-state index contributed by atoms with van der Waals surface area (Å²) < 4.78 is 23.0. The third kappa shape index (κ3) is 4.78. The monoisotopic (exact) mass is 312 g/mol. The highest BCUT2D eigenvalue weighted by molar-refractivity contribution is 7.90. The van der Waals surface area contributed by atoms with Crippen LogP contribution in [-0.4, -0.2) is 43.5 Å². The van der Waals surface area contributed by atoms with E-state index in [0.717, 1.165) is 23.5 Å². The van der Waals surface area contributed by atoms with Gasteiger partial charge in [0, 0.05) is 6.26 Å². The zero-order valence-corrected chi connectivity index (χ0v) is 13.1. The molecule has 1 aliphatic heterocycles. The molecule has 5 nitrogen and oxygen atoms in total. The first-order valence-electron chi connectivity index (χ1n) is 7.22. The maximum absolute atomic E-state index is 11.5. The van der Waals surface area contributed by atoms with E-state index in [4.69, 9.17) is 0 Å². The topological polar surface area (TPSA) is 80.7 Å². The van der Waals surface area contributed by atoms with Gasteiger partial charge in [0.2, 0.25) is 0 Å². The van der Waals surface area contributed by atoms with Gasteiger partial charge in [0.25, 0.3) is 0 Å². The lowest BCUT2D eigenvalue weighted by Crippen LogP contribution is -2.42. The minimum Gasteiger partial charge on any atom is -0.785 e. The molecule has 0 amide bonds. The van der Waals surface area contributed by atoms with Gasteiger partial charge in [-0.1, -0.05) is 12.1 Å². The molecule has 0 aliphatic carbocycles. The summed E-state index contributed by atoms with van der Waals surface area (Å²) in [4.78, 5) is 0.332. The Labute approximate surface area is 126 Å². The van der Waals surface area contributed by atoms with Crippen LogP contribution < -0.4 is 0 Å². The van der Waals surface area contributed by atoms with E-state index in [9.17, 15) is 18.7 Å². The molecule has 0 bridgehead atoms. The lowest BCUT2D eigenvalue weighted by molar-refractivity contribution is -0.0196. The molecule has 0 spiro atoms. The van der Waals surface area contributed by atoms with Crippen LogP contribution in [0.3, 0.4) is 0 Å². The summed E-state index contributed by atoms with van der Waals surface area (Å²) in [6, 6.07) is 6.94. The molecule has 118 valence electrons. The molecule has 0 radical (unpaired) electrons. The number of aryl methyl sites for hydroxylation is 1. The van der Waals surface area contributed by atoms with Crippen molar-refractivity contribution >= 4 is 9.84 Å². The second-order valence-corrected chi connectivity index (χ2v) is 7.94. The van der Waals surface area contributed by atoms with Gasteiger partial charge in [-0.05, 0) is 62.9 Å². The first-order valence-corrected chi connectivity index (χ1v) is 9.11. The van der Waals surface area contributed by atoms with Crippen LogP contribution in [0.2, 0.25) is 0 Å². The Kier molecular flexibility index (Phi) is 5.03. The van der Waals surface area contributed by atoms with Gasteiger partial charge < -0.3 is 15.4 Å². The van der Waals surface area contributed by atoms with Crippen LogP contribution in [0.1, 0.15) is 31.2 Å². The van der Waals surface area contributed by atoms with Crippen LogP contribution >= 0.6 is 0 Å². The van der Waals surface area contributed by atoms with E-state index < -0.39 is 15.4 Å². The number of hydrogen-bond donors (Lipinski definition) is 1. The standard InChI is InChI=1S/C15H22NO4S/c1-21(19,20)14-6-2-4-13(12-14)5-3-7-15(17)8-10-16(18)11-9-15/h2,4,6,12,17H,3,5,7-11H2,1H3/q-1. The Morgan fingerprint density at radius 1 is 1.33 bits per heavy atom. The van der Waals surface area contributed by atoms with Crippen LogP contribution in [0.15, 0.2) is 29.2 Å². The number of hydroxylamine groups is 2. The predicted octanol–water partition coefficient (Wildman–Crippen LogP) is 1.74. The van der Waals surface area contributed by atoms with Crippen molar-refractivity contribution in [2.24, 2.45) is 0 Å². The maximum atomic E-state index is 11.5. The summed E-state index contributed by atoms with van der Waals surface area (Å²) in [7, 11) is -3.18. The summed E-state index contributed by atoms with van der Waals surface area (Å²) >= 11 is 0. The number of benzene rings is 1. The highest BCUT2D eigenvalue weighted by atomic mass is 32.2. The van der Waals surface area contributed by atoms with Gasteiger partial charge in [-0.2, -0.15) is 0 Å². The van der Waals surface area contributed by atoms with E-state index in [-0.39, 0.29) is 0 Å². The Hall–Kier alpha value is -0.950. The van der Waals surface area contributed by atoms with Crippen molar-refractivity contribution in [1.29, 1.82) is 0 Å². The first-order chi connectivity index (χ1) is 9.78. The largest absolute Gasteiger partial charge is 0.785 e. The molecule has 6 heteroatoms.